The largest absolute Gasteiger partial charge is 0.377 e. The Morgan fingerprint density at radius 1 is 0.500 bits per heavy atom. The van der Waals surface area contributed by atoms with Gasteiger partial charge in [-0.2, -0.15) is 0 Å². The number of benzene rings is 1. The minimum atomic E-state index is 0.773. The Bertz CT molecular complexity index is 809. The van der Waals surface area contributed by atoms with Gasteiger partial charge in [0.05, 0.1) is 6.61 Å². The van der Waals surface area contributed by atoms with E-state index in [0.29, 0.717) is 0 Å². The summed E-state index contributed by atoms with van der Waals surface area (Å²) >= 11 is 1.89. The van der Waals surface area contributed by atoms with Crippen molar-refractivity contribution in [1.29, 1.82) is 0 Å². The van der Waals surface area contributed by atoms with Gasteiger partial charge >= 0.3 is 0 Å². The van der Waals surface area contributed by atoms with Crippen molar-refractivity contribution in [2.45, 2.75) is 187 Å². The molecule has 0 spiro atoms. The Morgan fingerprint density at radius 2 is 0.875 bits per heavy atom. The van der Waals surface area contributed by atoms with Crippen LogP contribution in [0.1, 0.15) is 184 Å². The van der Waals surface area contributed by atoms with Gasteiger partial charge in [0, 0.05) is 16.2 Å². The fourth-order valence-corrected chi connectivity index (χ4v) is 7.16. The zero-order valence-electron chi connectivity index (χ0n) is 26.9. The van der Waals surface area contributed by atoms with Crippen molar-refractivity contribution >= 4 is 21.4 Å². The molecular formula is C38H66OS. The van der Waals surface area contributed by atoms with Gasteiger partial charge in [0.15, 0.2) is 0 Å². The summed E-state index contributed by atoms with van der Waals surface area (Å²) in [7, 11) is 0. The van der Waals surface area contributed by atoms with Crippen molar-refractivity contribution < 1.29 is 4.74 Å². The van der Waals surface area contributed by atoms with E-state index >= 15 is 0 Å². The average molecular weight is 571 g/mol. The lowest BCUT2D eigenvalue weighted by molar-refractivity contribution is 0.117. The van der Waals surface area contributed by atoms with Crippen LogP contribution in [0.5, 0.6) is 0 Å². The van der Waals surface area contributed by atoms with Crippen LogP contribution in [0, 0.1) is 6.92 Å². The van der Waals surface area contributed by atoms with Crippen LogP contribution in [-0.2, 0) is 11.3 Å². The van der Waals surface area contributed by atoms with E-state index in [1.165, 1.54) is 187 Å². The number of unbranched alkanes of at least 4 members (excludes halogenated alkanes) is 25. The molecule has 1 nitrogen and oxygen atoms in total. The van der Waals surface area contributed by atoms with Gasteiger partial charge in [-0.25, -0.2) is 0 Å². The fraction of sp³-hybridized carbons (Fsp3) is 0.789. The second-order valence-corrected chi connectivity index (χ2v) is 13.8. The van der Waals surface area contributed by atoms with E-state index in [0.717, 1.165) is 13.2 Å². The van der Waals surface area contributed by atoms with Crippen molar-refractivity contribution in [2.75, 3.05) is 6.61 Å². The Morgan fingerprint density at radius 3 is 1.30 bits per heavy atom. The van der Waals surface area contributed by atoms with Crippen LogP contribution < -0.4 is 0 Å². The van der Waals surface area contributed by atoms with Gasteiger partial charge in [-0.05, 0) is 30.4 Å². The lowest BCUT2D eigenvalue weighted by Crippen LogP contribution is -1.96. The predicted molar refractivity (Wildman–Crippen MR) is 182 cm³/mol. The van der Waals surface area contributed by atoms with Gasteiger partial charge in [-0.1, -0.05) is 186 Å². The summed E-state index contributed by atoms with van der Waals surface area (Å²) in [6, 6.07) is 8.73. The molecule has 0 atom stereocenters. The first-order chi connectivity index (χ1) is 19.8. The van der Waals surface area contributed by atoms with Gasteiger partial charge in [-0.15, -0.1) is 11.3 Å². The number of aryl methyl sites for hydroxylation is 1. The third kappa shape index (κ3) is 17.8. The predicted octanol–water partition coefficient (Wildman–Crippen LogP) is 13.9. The maximum atomic E-state index is 6.03. The number of hydrogen-bond acceptors (Lipinski definition) is 2. The van der Waals surface area contributed by atoms with Crippen molar-refractivity contribution in [3.8, 4) is 0 Å². The molecule has 0 N–H and O–H groups in total. The van der Waals surface area contributed by atoms with Crippen LogP contribution >= 0.6 is 11.3 Å². The maximum absolute atomic E-state index is 6.03. The second-order valence-electron chi connectivity index (χ2n) is 12.5. The molecule has 2 aromatic rings. The second kappa shape index (κ2) is 25.8. The highest BCUT2D eigenvalue weighted by Gasteiger charge is 2.08. The minimum Gasteiger partial charge on any atom is -0.377 e. The number of fused-ring (bicyclic) bond motifs is 1. The molecule has 40 heavy (non-hydrogen) atoms. The summed E-state index contributed by atoms with van der Waals surface area (Å²) in [5.74, 6) is 0. The molecule has 230 valence electrons. The van der Waals surface area contributed by atoms with Gasteiger partial charge in [0.2, 0.25) is 0 Å². The van der Waals surface area contributed by atoms with E-state index in [1.807, 2.05) is 11.3 Å². The van der Waals surface area contributed by atoms with Crippen LogP contribution in [0.4, 0.5) is 0 Å². The molecule has 2 rings (SSSR count). The molecule has 0 aliphatic carbocycles. The first-order valence-corrected chi connectivity index (χ1v) is 18.7. The highest BCUT2D eigenvalue weighted by molar-refractivity contribution is 7.19. The Hall–Kier alpha value is -0.860. The zero-order valence-corrected chi connectivity index (χ0v) is 27.7. The van der Waals surface area contributed by atoms with Gasteiger partial charge in [-0.3, -0.25) is 0 Å². The van der Waals surface area contributed by atoms with Gasteiger partial charge in [0.25, 0.3) is 0 Å². The van der Waals surface area contributed by atoms with Crippen LogP contribution in [0.25, 0.3) is 10.1 Å². The molecule has 1 heterocycles. The molecule has 0 amide bonds. The SMILES string of the molecule is CCCCCCCCCCCCCCCCCCCCCCCCCCCCOCc1c(C)sc2ccccc12. The molecule has 0 fully saturated rings. The van der Waals surface area contributed by atoms with Crippen LogP contribution in [-0.4, -0.2) is 6.61 Å². The topological polar surface area (TPSA) is 9.23 Å². The molecular weight excluding hydrogens is 504 g/mol. The molecule has 0 bridgehead atoms. The van der Waals surface area contributed by atoms with Gasteiger partial charge < -0.3 is 4.74 Å². The smallest absolute Gasteiger partial charge is 0.0733 e. The monoisotopic (exact) mass is 570 g/mol. The third-order valence-corrected chi connectivity index (χ3v) is 9.92. The molecule has 1 aromatic heterocycles. The third-order valence-electron chi connectivity index (χ3n) is 8.79. The van der Waals surface area contributed by atoms with Crippen molar-refractivity contribution in [3.05, 3.63) is 34.7 Å². The zero-order chi connectivity index (χ0) is 28.4. The quantitative estimate of drug-likeness (QED) is 0.0884. The molecule has 0 radical (unpaired) electrons. The Kier molecular flexibility index (Phi) is 22.8. The molecule has 0 aliphatic rings. The number of rotatable bonds is 29. The normalized spacial score (nSPS) is 11.7. The van der Waals surface area contributed by atoms with Crippen molar-refractivity contribution in [1.82, 2.24) is 0 Å². The lowest BCUT2D eigenvalue weighted by atomic mass is 10.0. The van der Waals surface area contributed by atoms with E-state index in [-0.39, 0.29) is 0 Å². The number of thiophene rings is 1. The van der Waals surface area contributed by atoms with E-state index in [9.17, 15) is 0 Å². The minimum absolute atomic E-state index is 0.773. The summed E-state index contributed by atoms with van der Waals surface area (Å²) in [6.45, 7) is 6.21. The Labute approximate surface area is 254 Å². The first-order valence-electron chi connectivity index (χ1n) is 17.9. The average Bonchev–Trinajstić information content (AvgIpc) is 3.29. The van der Waals surface area contributed by atoms with E-state index < -0.39 is 0 Å². The number of hydrogen-bond donors (Lipinski definition) is 0. The molecule has 2 heteroatoms. The molecule has 0 unspecified atom stereocenters. The molecule has 0 aliphatic heterocycles. The summed E-state index contributed by atoms with van der Waals surface area (Å²) in [5.41, 5.74) is 1.40. The highest BCUT2D eigenvalue weighted by atomic mass is 32.1. The van der Waals surface area contributed by atoms with Crippen LogP contribution in [0.15, 0.2) is 24.3 Å². The fourth-order valence-electron chi connectivity index (χ4n) is 6.09. The number of ether oxygens (including phenoxy) is 1. The standard InChI is InChI=1S/C38H66OS/c1-3-4-5-6-7-8-9-10-11-12-13-14-15-16-17-18-19-20-21-22-23-24-25-26-27-30-33-39-34-37-35(2)40-38-32-29-28-31-36(37)38/h28-29,31-32H,3-27,30,33-34H2,1-2H3. The Balaban J connectivity index is 1.21. The van der Waals surface area contributed by atoms with Crippen LogP contribution in [0.3, 0.4) is 0 Å². The molecule has 0 saturated carbocycles. The first kappa shape index (κ1) is 35.3. The van der Waals surface area contributed by atoms with Crippen molar-refractivity contribution in [2.24, 2.45) is 0 Å². The van der Waals surface area contributed by atoms with Crippen molar-refractivity contribution in [3.63, 3.8) is 0 Å². The summed E-state index contributed by atoms with van der Waals surface area (Å²) in [6.07, 6.45) is 37.6. The summed E-state index contributed by atoms with van der Waals surface area (Å²) in [5, 5.41) is 1.38. The van der Waals surface area contributed by atoms with Gasteiger partial charge in [0.1, 0.15) is 0 Å². The van der Waals surface area contributed by atoms with E-state index in [2.05, 4.69) is 38.1 Å². The lowest BCUT2D eigenvalue weighted by Gasteiger charge is -2.06. The maximum Gasteiger partial charge on any atom is 0.0733 e. The summed E-state index contributed by atoms with van der Waals surface area (Å²) < 4.78 is 7.42. The van der Waals surface area contributed by atoms with E-state index in [1.54, 1.807) is 0 Å². The summed E-state index contributed by atoms with van der Waals surface area (Å²) in [4.78, 5) is 1.41. The van der Waals surface area contributed by atoms with E-state index in [4.69, 9.17) is 4.74 Å². The van der Waals surface area contributed by atoms with Crippen LogP contribution in [0.2, 0.25) is 0 Å². The molecule has 0 saturated heterocycles. The molecule has 1 aromatic carbocycles. The highest BCUT2D eigenvalue weighted by Crippen LogP contribution is 2.31.